The number of hydrogen-bond acceptors (Lipinski definition) is 3. The van der Waals surface area contributed by atoms with Crippen LogP contribution in [0.25, 0.3) is 0 Å². The molecule has 78 valence electrons. The molecule has 0 aromatic heterocycles. The fraction of sp³-hybridized carbons (Fsp3) is 0.455. The quantitative estimate of drug-likeness (QED) is 0.731. The second-order valence-corrected chi connectivity index (χ2v) is 4.89. The highest BCUT2D eigenvalue weighted by Gasteiger charge is 2.15. The summed E-state index contributed by atoms with van der Waals surface area (Å²) >= 11 is 1.77. The number of rotatable bonds is 5. The molecule has 0 heterocycles. The van der Waals surface area contributed by atoms with Crippen molar-refractivity contribution in [1.82, 2.24) is 0 Å². The van der Waals surface area contributed by atoms with Crippen LogP contribution in [0.3, 0.4) is 0 Å². The minimum absolute atomic E-state index is 0.0440. The summed E-state index contributed by atoms with van der Waals surface area (Å²) in [6.45, 7) is 1.92. The lowest BCUT2D eigenvalue weighted by Gasteiger charge is -2.20. The average molecular weight is 211 g/mol. The summed E-state index contributed by atoms with van der Waals surface area (Å²) in [4.78, 5) is 1.25. The summed E-state index contributed by atoms with van der Waals surface area (Å²) in [7, 11) is 0. The van der Waals surface area contributed by atoms with Crippen molar-refractivity contribution in [3.05, 3.63) is 30.3 Å². The van der Waals surface area contributed by atoms with Crippen molar-refractivity contribution in [2.75, 3.05) is 12.4 Å². The third kappa shape index (κ3) is 4.13. The zero-order valence-electron chi connectivity index (χ0n) is 8.44. The molecule has 1 aromatic carbocycles. The van der Waals surface area contributed by atoms with Gasteiger partial charge in [0.15, 0.2) is 0 Å². The van der Waals surface area contributed by atoms with Crippen LogP contribution < -0.4 is 5.73 Å². The summed E-state index contributed by atoms with van der Waals surface area (Å²) in [5.74, 6) is 0.942. The first-order valence-corrected chi connectivity index (χ1v) is 5.70. The van der Waals surface area contributed by atoms with Gasteiger partial charge in [-0.3, -0.25) is 0 Å². The molecule has 0 radical (unpaired) electrons. The molecule has 2 nitrogen and oxygen atoms in total. The van der Waals surface area contributed by atoms with Gasteiger partial charge in [-0.25, -0.2) is 0 Å². The molecule has 0 saturated carbocycles. The van der Waals surface area contributed by atoms with Crippen molar-refractivity contribution >= 4 is 11.8 Å². The second-order valence-electron chi connectivity index (χ2n) is 3.72. The first-order chi connectivity index (χ1) is 6.64. The fourth-order valence-electron chi connectivity index (χ4n) is 0.998. The molecular weight excluding hydrogens is 194 g/mol. The largest absolute Gasteiger partial charge is 0.394 e. The number of nitrogens with two attached hydrogens (primary N) is 1. The molecular formula is C11H17NOS. The van der Waals surface area contributed by atoms with E-state index in [1.807, 2.05) is 25.1 Å². The van der Waals surface area contributed by atoms with Crippen LogP contribution in [0.2, 0.25) is 0 Å². The van der Waals surface area contributed by atoms with Gasteiger partial charge in [-0.15, -0.1) is 11.8 Å². The van der Waals surface area contributed by atoms with E-state index in [0.717, 1.165) is 12.2 Å². The van der Waals surface area contributed by atoms with Crippen LogP contribution in [0, 0.1) is 0 Å². The standard InChI is InChI=1S/C11H17NOS/c1-11(12,9-13)7-8-14-10-5-3-2-4-6-10/h2-6,13H,7-9,12H2,1H3. The molecule has 1 atom stereocenters. The number of aliphatic hydroxyl groups excluding tert-OH is 1. The molecule has 0 amide bonds. The van der Waals surface area contributed by atoms with Crippen LogP contribution >= 0.6 is 11.8 Å². The van der Waals surface area contributed by atoms with E-state index >= 15 is 0 Å². The van der Waals surface area contributed by atoms with Crippen LogP contribution in [-0.2, 0) is 0 Å². The highest BCUT2D eigenvalue weighted by molar-refractivity contribution is 7.99. The number of thioether (sulfide) groups is 1. The predicted octanol–water partition coefficient (Wildman–Crippen LogP) is 1.88. The minimum atomic E-state index is -0.443. The molecule has 0 fully saturated rings. The van der Waals surface area contributed by atoms with Gasteiger partial charge in [-0.05, 0) is 31.2 Å². The molecule has 1 rings (SSSR count). The van der Waals surface area contributed by atoms with Gasteiger partial charge >= 0.3 is 0 Å². The highest BCUT2D eigenvalue weighted by atomic mass is 32.2. The summed E-state index contributed by atoms with van der Waals surface area (Å²) in [5.41, 5.74) is 5.37. The Morgan fingerprint density at radius 1 is 1.36 bits per heavy atom. The molecule has 0 bridgehead atoms. The van der Waals surface area contributed by atoms with Crippen molar-refractivity contribution in [3.8, 4) is 0 Å². The van der Waals surface area contributed by atoms with Crippen molar-refractivity contribution in [3.63, 3.8) is 0 Å². The van der Waals surface area contributed by atoms with Gasteiger partial charge in [0.2, 0.25) is 0 Å². The third-order valence-corrected chi connectivity index (χ3v) is 3.06. The monoisotopic (exact) mass is 211 g/mol. The molecule has 0 aliphatic carbocycles. The maximum atomic E-state index is 8.96. The summed E-state index contributed by atoms with van der Waals surface area (Å²) < 4.78 is 0. The molecule has 0 saturated heterocycles. The van der Waals surface area contributed by atoms with E-state index in [1.54, 1.807) is 11.8 Å². The van der Waals surface area contributed by atoms with E-state index in [4.69, 9.17) is 10.8 Å². The predicted molar refractivity (Wildman–Crippen MR) is 61.5 cm³/mol. The molecule has 0 aliphatic heterocycles. The van der Waals surface area contributed by atoms with Crippen molar-refractivity contribution in [2.45, 2.75) is 23.8 Å². The Morgan fingerprint density at radius 3 is 2.57 bits per heavy atom. The molecule has 0 aliphatic rings. The highest BCUT2D eigenvalue weighted by Crippen LogP contribution is 2.20. The minimum Gasteiger partial charge on any atom is -0.394 e. The van der Waals surface area contributed by atoms with E-state index in [9.17, 15) is 0 Å². The zero-order chi connectivity index (χ0) is 10.4. The maximum absolute atomic E-state index is 8.96. The van der Waals surface area contributed by atoms with E-state index in [0.29, 0.717) is 0 Å². The van der Waals surface area contributed by atoms with E-state index in [1.165, 1.54) is 4.90 Å². The molecule has 3 N–H and O–H groups in total. The number of benzene rings is 1. The normalized spacial score (nSPS) is 15.1. The maximum Gasteiger partial charge on any atom is 0.0608 e. The third-order valence-electron chi connectivity index (χ3n) is 2.05. The lowest BCUT2D eigenvalue weighted by atomic mass is 10.0. The molecule has 14 heavy (non-hydrogen) atoms. The second kappa shape index (κ2) is 5.39. The average Bonchev–Trinajstić information content (AvgIpc) is 2.19. The summed E-state index contributed by atoms with van der Waals surface area (Å²) in [6.07, 6.45) is 0.822. The fourth-order valence-corrected chi connectivity index (χ4v) is 2.15. The van der Waals surface area contributed by atoms with Crippen LogP contribution in [0.15, 0.2) is 35.2 Å². The van der Waals surface area contributed by atoms with Gasteiger partial charge in [0, 0.05) is 10.4 Å². The van der Waals surface area contributed by atoms with Gasteiger partial charge in [0.25, 0.3) is 0 Å². The van der Waals surface area contributed by atoms with Gasteiger partial charge in [0.05, 0.1) is 6.61 Å². The smallest absolute Gasteiger partial charge is 0.0608 e. The Balaban J connectivity index is 2.29. The summed E-state index contributed by atoms with van der Waals surface area (Å²) in [5, 5.41) is 8.96. The first-order valence-electron chi connectivity index (χ1n) is 4.72. The van der Waals surface area contributed by atoms with Crippen LogP contribution in [-0.4, -0.2) is 23.0 Å². The van der Waals surface area contributed by atoms with Gasteiger partial charge in [-0.1, -0.05) is 18.2 Å². The molecule has 1 aromatic rings. The Labute approximate surface area is 89.5 Å². The molecule has 0 spiro atoms. The number of aliphatic hydroxyl groups is 1. The Morgan fingerprint density at radius 2 is 2.00 bits per heavy atom. The van der Waals surface area contributed by atoms with Gasteiger partial charge < -0.3 is 10.8 Å². The molecule has 1 unspecified atom stereocenters. The van der Waals surface area contributed by atoms with Gasteiger partial charge in [0.1, 0.15) is 0 Å². The first kappa shape index (κ1) is 11.6. The lowest BCUT2D eigenvalue weighted by molar-refractivity contribution is 0.206. The van der Waals surface area contributed by atoms with E-state index < -0.39 is 5.54 Å². The van der Waals surface area contributed by atoms with Crippen LogP contribution in [0.4, 0.5) is 0 Å². The topological polar surface area (TPSA) is 46.2 Å². The van der Waals surface area contributed by atoms with E-state index in [2.05, 4.69) is 12.1 Å². The summed E-state index contributed by atoms with van der Waals surface area (Å²) in [6, 6.07) is 10.2. The van der Waals surface area contributed by atoms with Crippen molar-refractivity contribution < 1.29 is 5.11 Å². The molecule has 3 heteroatoms. The Hall–Kier alpha value is -0.510. The van der Waals surface area contributed by atoms with Crippen molar-refractivity contribution in [2.24, 2.45) is 5.73 Å². The number of hydrogen-bond donors (Lipinski definition) is 2. The van der Waals surface area contributed by atoms with E-state index in [-0.39, 0.29) is 6.61 Å². The van der Waals surface area contributed by atoms with Crippen LogP contribution in [0.1, 0.15) is 13.3 Å². The SMILES string of the molecule is CC(N)(CO)CCSc1ccccc1. The van der Waals surface area contributed by atoms with Gasteiger partial charge in [-0.2, -0.15) is 0 Å². The lowest BCUT2D eigenvalue weighted by Crippen LogP contribution is -2.40. The Bertz CT molecular complexity index is 261. The zero-order valence-corrected chi connectivity index (χ0v) is 9.26. The van der Waals surface area contributed by atoms with Crippen molar-refractivity contribution in [1.29, 1.82) is 0 Å². The van der Waals surface area contributed by atoms with Crippen LogP contribution in [0.5, 0.6) is 0 Å². The Kier molecular flexibility index (Phi) is 4.45.